The highest BCUT2D eigenvalue weighted by Crippen LogP contribution is 2.31. The molecule has 0 spiro atoms. The number of methoxy groups -OCH3 is 2. The average Bonchev–Trinajstić information content (AvgIpc) is 2.98. The Morgan fingerprint density at radius 3 is 2.57 bits per heavy atom. The van der Waals surface area contributed by atoms with E-state index in [0.29, 0.717) is 29.2 Å². The fourth-order valence-corrected chi connectivity index (χ4v) is 2.96. The molecule has 28 heavy (non-hydrogen) atoms. The SMILES string of the molecule is C=CCn1c(C)cc(C(=O)COC(=O)/C=C/c2cccc(OC)c2OC)c1C. The van der Waals surface area contributed by atoms with Gasteiger partial charge in [0.25, 0.3) is 0 Å². The Balaban J connectivity index is 2.03. The van der Waals surface area contributed by atoms with Crippen LogP contribution in [0.2, 0.25) is 0 Å². The Labute approximate surface area is 165 Å². The first kappa shape index (κ1) is 21.0. The molecular weight excluding hydrogens is 358 g/mol. The van der Waals surface area contributed by atoms with Gasteiger partial charge in [0.05, 0.1) is 14.2 Å². The highest BCUT2D eigenvalue weighted by Gasteiger charge is 2.16. The molecule has 0 aliphatic rings. The summed E-state index contributed by atoms with van der Waals surface area (Å²) in [5.74, 6) is 0.213. The lowest BCUT2D eigenvalue weighted by Gasteiger charge is -2.09. The molecule has 148 valence electrons. The monoisotopic (exact) mass is 383 g/mol. The zero-order valence-corrected chi connectivity index (χ0v) is 16.7. The number of aryl methyl sites for hydroxylation is 1. The first-order chi connectivity index (χ1) is 13.4. The standard InChI is InChI=1S/C22H25NO5/c1-6-12-23-15(2)13-18(16(23)3)19(24)14-28-21(25)11-10-17-8-7-9-20(26-4)22(17)27-5/h6-11,13H,1,12,14H2,2-5H3/b11-10+. The Hall–Kier alpha value is -3.28. The van der Waals surface area contributed by atoms with Crippen LogP contribution in [0.25, 0.3) is 6.08 Å². The highest BCUT2D eigenvalue weighted by atomic mass is 16.5. The molecule has 1 aromatic carbocycles. The third-order valence-corrected chi connectivity index (χ3v) is 4.36. The number of hydrogen-bond donors (Lipinski definition) is 0. The van der Waals surface area contributed by atoms with Gasteiger partial charge in [-0.3, -0.25) is 4.79 Å². The van der Waals surface area contributed by atoms with Crippen LogP contribution in [0, 0.1) is 13.8 Å². The van der Waals surface area contributed by atoms with Crippen molar-refractivity contribution in [2.75, 3.05) is 20.8 Å². The Kier molecular flexibility index (Phi) is 7.21. The summed E-state index contributed by atoms with van der Waals surface area (Å²) in [5, 5.41) is 0. The smallest absolute Gasteiger partial charge is 0.331 e. The molecule has 6 heteroatoms. The summed E-state index contributed by atoms with van der Waals surface area (Å²) < 4.78 is 17.6. The van der Waals surface area contributed by atoms with Crippen molar-refractivity contribution in [1.82, 2.24) is 4.57 Å². The summed E-state index contributed by atoms with van der Waals surface area (Å²) in [4.78, 5) is 24.4. The average molecular weight is 383 g/mol. The number of carbonyl (C=O) groups excluding carboxylic acids is 2. The van der Waals surface area contributed by atoms with E-state index in [1.165, 1.54) is 20.3 Å². The van der Waals surface area contributed by atoms with Gasteiger partial charge in [-0.05, 0) is 32.1 Å². The Morgan fingerprint density at radius 2 is 1.93 bits per heavy atom. The van der Waals surface area contributed by atoms with Crippen molar-refractivity contribution in [3.8, 4) is 11.5 Å². The quantitative estimate of drug-likeness (QED) is 0.286. The van der Waals surface area contributed by atoms with Crippen molar-refractivity contribution in [2.45, 2.75) is 20.4 Å². The molecular formula is C22H25NO5. The molecule has 1 aromatic heterocycles. The van der Waals surface area contributed by atoms with Gasteiger partial charge in [0.2, 0.25) is 5.78 Å². The third-order valence-electron chi connectivity index (χ3n) is 4.36. The molecule has 0 saturated carbocycles. The van der Waals surface area contributed by atoms with Crippen LogP contribution in [-0.2, 0) is 16.1 Å². The lowest BCUT2D eigenvalue weighted by atomic mass is 10.1. The zero-order chi connectivity index (χ0) is 20.7. The topological polar surface area (TPSA) is 66.8 Å². The van der Waals surface area contributed by atoms with Crippen molar-refractivity contribution in [2.24, 2.45) is 0 Å². The largest absolute Gasteiger partial charge is 0.493 e. The van der Waals surface area contributed by atoms with E-state index >= 15 is 0 Å². The van der Waals surface area contributed by atoms with Crippen LogP contribution in [0.1, 0.15) is 27.3 Å². The lowest BCUT2D eigenvalue weighted by molar-refractivity contribution is -0.136. The van der Waals surface area contributed by atoms with E-state index in [9.17, 15) is 9.59 Å². The van der Waals surface area contributed by atoms with Crippen LogP contribution in [0.4, 0.5) is 0 Å². The van der Waals surface area contributed by atoms with Crippen LogP contribution >= 0.6 is 0 Å². The number of ether oxygens (including phenoxy) is 3. The minimum Gasteiger partial charge on any atom is -0.493 e. The molecule has 0 amide bonds. The second-order valence-electron chi connectivity index (χ2n) is 6.13. The first-order valence-electron chi connectivity index (χ1n) is 8.79. The summed E-state index contributed by atoms with van der Waals surface area (Å²) in [6, 6.07) is 7.13. The number of rotatable bonds is 9. The fourth-order valence-electron chi connectivity index (χ4n) is 2.96. The molecule has 0 N–H and O–H groups in total. The second kappa shape index (κ2) is 9.60. The minimum atomic E-state index is -0.613. The Bertz CT molecular complexity index is 908. The predicted octanol–water partition coefficient (Wildman–Crippen LogP) is 3.75. The van der Waals surface area contributed by atoms with Crippen LogP contribution in [0.3, 0.4) is 0 Å². The molecule has 0 aliphatic carbocycles. The third kappa shape index (κ3) is 4.71. The van der Waals surface area contributed by atoms with E-state index < -0.39 is 5.97 Å². The summed E-state index contributed by atoms with van der Waals surface area (Å²) >= 11 is 0. The predicted molar refractivity (Wildman–Crippen MR) is 108 cm³/mol. The molecule has 0 radical (unpaired) electrons. The minimum absolute atomic E-state index is 0.246. The van der Waals surface area contributed by atoms with Gasteiger partial charge in [-0.15, -0.1) is 6.58 Å². The summed E-state index contributed by atoms with van der Waals surface area (Å²) in [6.07, 6.45) is 4.58. The molecule has 0 fully saturated rings. The van der Waals surface area contributed by atoms with Gasteiger partial charge in [-0.1, -0.05) is 18.2 Å². The van der Waals surface area contributed by atoms with Gasteiger partial charge < -0.3 is 18.8 Å². The first-order valence-corrected chi connectivity index (χ1v) is 8.79. The van der Waals surface area contributed by atoms with Gasteiger partial charge in [-0.25, -0.2) is 4.79 Å². The van der Waals surface area contributed by atoms with Crippen molar-refractivity contribution in [3.05, 3.63) is 65.5 Å². The van der Waals surface area contributed by atoms with Crippen molar-refractivity contribution in [1.29, 1.82) is 0 Å². The summed E-state index contributed by atoms with van der Waals surface area (Å²) in [6.45, 7) is 7.80. The number of hydrogen-bond acceptors (Lipinski definition) is 5. The number of aromatic nitrogens is 1. The number of para-hydroxylation sites is 1. The second-order valence-corrected chi connectivity index (χ2v) is 6.13. The number of esters is 1. The molecule has 0 unspecified atom stereocenters. The zero-order valence-electron chi connectivity index (χ0n) is 16.7. The van der Waals surface area contributed by atoms with Crippen molar-refractivity contribution < 1.29 is 23.8 Å². The molecule has 0 aliphatic heterocycles. The van der Waals surface area contributed by atoms with E-state index in [1.54, 1.807) is 36.4 Å². The maximum Gasteiger partial charge on any atom is 0.331 e. The molecule has 6 nitrogen and oxygen atoms in total. The lowest BCUT2D eigenvalue weighted by Crippen LogP contribution is -2.13. The molecule has 2 aromatic rings. The van der Waals surface area contributed by atoms with E-state index in [1.807, 2.05) is 18.4 Å². The molecule has 2 rings (SSSR count). The normalized spacial score (nSPS) is 10.7. The molecule has 0 saturated heterocycles. The van der Waals surface area contributed by atoms with Gasteiger partial charge in [0.1, 0.15) is 0 Å². The van der Waals surface area contributed by atoms with Crippen molar-refractivity contribution in [3.63, 3.8) is 0 Å². The number of Topliss-reactive ketones (excluding diaryl/α,β-unsaturated/α-hetero) is 1. The van der Waals surface area contributed by atoms with Crippen molar-refractivity contribution >= 4 is 17.8 Å². The van der Waals surface area contributed by atoms with E-state index in [-0.39, 0.29) is 12.4 Å². The summed E-state index contributed by atoms with van der Waals surface area (Å²) in [5.41, 5.74) is 3.00. The number of ketones is 1. The maximum absolute atomic E-state index is 12.4. The number of benzene rings is 1. The number of allylic oxidation sites excluding steroid dienone is 1. The highest BCUT2D eigenvalue weighted by molar-refractivity contribution is 6.00. The van der Waals surface area contributed by atoms with E-state index in [0.717, 1.165) is 11.4 Å². The van der Waals surface area contributed by atoms with Gasteiger partial charge in [0.15, 0.2) is 18.1 Å². The maximum atomic E-state index is 12.4. The fraction of sp³-hybridized carbons (Fsp3) is 0.273. The number of carbonyl (C=O) groups is 2. The number of nitrogens with zero attached hydrogens (tertiary/aromatic N) is 1. The van der Waals surface area contributed by atoms with Crippen LogP contribution in [-0.4, -0.2) is 37.1 Å². The van der Waals surface area contributed by atoms with Crippen LogP contribution < -0.4 is 9.47 Å². The molecule has 0 bridgehead atoms. The Morgan fingerprint density at radius 1 is 1.18 bits per heavy atom. The van der Waals surface area contributed by atoms with Crippen LogP contribution in [0.15, 0.2) is 43.0 Å². The van der Waals surface area contributed by atoms with E-state index in [2.05, 4.69) is 6.58 Å². The van der Waals surface area contributed by atoms with E-state index in [4.69, 9.17) is 14.2 Å². The molecule has 0 atom stereocenters. The van der Waals surface area contributed by atoms with Crippen LogP contribution in [0.5, 0.6) is 11.5 Å². The van der Waals surface area contributed by atoms with Gasteiger partial charge in [0, 0.05) is 35.1 Å². The summed E-state index contributed by atoms with van der Waals surface area (Å²) in [7, 11) is 3.06. The van der Waals surface area contributed by atoms with Gasteiger partial charge in [-0.2, -0.15) is 0 Å². The van der Waals surface area contributed by atoms with Gasteiger partial charge >= 0.3 is 5.97 Å². The molecule has 1 heterocycles.